The number of benzene rings is 1. The molecule has 0 saturated carbocycles. The number of anilines is 1. The van der Waals surface area contributed by atoms with Gasteiger partial charge >= 0.3 is 0 Å². The van der Waals surface area contributed by atoms with Crippen LogP contribution in [0.1, 0.15) is 6.42 Å². The monoisotopic (exact) mass is 230 g/mol. The first-order valence-electron chi connectivity index (χ1n) is 4.42. The summed E-state index contributed by atoms with van der Waals surface area (Å²) >= 11 is 5.48. The van der Waals surface area contributed by atoms with Crippen LogP contribution in [0.15, 0.2) is 18.2 Å². The number of hydrogen-bond acceptors (Lipinski definition) is 4. The van der Waals surface area contributed by atoms with Crippen LogP contribution in [0.5, 0.6) is 5.75 Å². The van der Waals surface area contributed by atoms with Gasteiger partial charge in [-0.2, -0.15) is 0 Å². The molecular formula is C9H11ClN2O3. The van der Waals surface area contributed by atoms with Crippen LogP contribution in [0.4, 0.5) is 11.4 Å². The first-order valence-corrected chi connectivity index (χ1v) is 4.96. The third kappa shape index (κ3) is 3.28. The van der Waals surface area contributed by atoms with Crippen molar-refractivity contribution >= 4 is 23.0 Å². The summed E-state index contributed by atoms with van der Waals surface area (Å²) in [4.78, 5) is 9.96. The molecule has 0 aromatic heterocycles. The number of alkyl halides is 1. The minimum absolute atomic E-state index is 0.00447. The Bertz CT molecular complexity index is 357. The van der Waals surface area contributed by atoms with E-state index in [1.54, 1.807) is 0 Å². The number of phenols is 1. The fraction of sp³-hybridized carbons (Fsp3) is 0.333. The van der Waals surface area contributed by atoms with E-state index in [4.69, 9.17) is 11.6 Å². The van der Waals surface area contributed by atoms with Crippen LogP contribution in [0.3, 0.4) is 0 Å². The Morgan fingerprint density at radius 1 is 1.53 bits per heavy atom. The summed E-state index contributed by atoms with van der Waals surface area (Å²) in [5.41, 5.74) is 0.301. The number of nitrogens with zero attached hydrogens (tertiary/aromatic N) is 1. The van der Waals surface area contributed by atoms with Crippen LogP contribution in [-0.4, -0.2) is 22.5 Å². The molecule has 0 heterocycles. The maximum Gasteiger partial charge on any atom is 0.271 e. The molecule has 0 spiro atoms. The molecule has 6 heteroatoms. The van der Waals surface area contributed by atoms with Crippen LogP contribution < -0.4 is 5.32 Å². The minimum atomic E-state index is -0.508. The van der Waals surface area contributed by atoms with Crippen molar-refractivity contribution in [2.75, 3.05) is 17.7 Å². The van der Waals surface area contributed by atoms with E-state index in [-0.39, 0.29) is 11.4 Å². The van der Waals surface area contributed by atoms with Crippen molar-refractivity contribution in [2.45, 2.75) is 6.42 Å². The van der Waals surface area contributed by atoms with Gasteiger partial charge in [-0.05, 0) is 12.5 Å². The molecule has 1 aromatic carbocycles. The predicted octanol–water partition coefficient (Wildman–Crippen LogP) is 2.34. The van der Waals surface area contributed by atoms with E-state index in [1.165, 1.54) is 18.2 Å². The number of phenolic OH excluding ortho intramolecular Hbond substituents is 1. The molecule has 0 bridgehead atoms. The highest BCUT2D eigenvalue weighted by Gasteiger charge is 2.09. The molecule has 0 fully saturated rings. The van der Waals surface area contributed by atoms with Crippen LogP contribution in [-0.2, 0) is 0 Å². The van der Waals surface area contributed by atoms with Gasteiger partial charge in [0.1, 0.15) is 5.75 Å². The van der Waals surface area contributed by atoms with Crippen molar-refractivity contribution in [3.63, 3.8) is 0 Å². The summed E-state index contributed by atoms with van der Waals surface area (Å²) in [5, 5.41) is 22.7. The van der Waals surface area contributed by atoms with Crippen LogP contribution in [0.25, 0.3) is 0 Å². The molecule has 1 rings (SSSR count). The number of rotatable bonds is 5. The molecule has 82 valence electrons. The third-order valence-corrected chi connectivity index (χ3v) is 2.08. The second-order valence-electron chi connectivity index (χ2n) is 2.93. The van der Waals surface area contributed by atoms with Gasteiger partial charge in [0.2, 0.25) is 0 Å². The molecule has 0 unspecified atom stereocenters. The van der Waals surface area contributed by atoms with Gasteiger partial charge in [-0.1, -0.05) is 0 Å². The van der Waals surface area contributed by atoms with Gasteiger partial charge in [0.05, 0.1) is 10.6 Å². The molecule has 0 saturated heterocycles. The van der Waals surface area contributed by atoms with E-state index in [0.717, 1.165) is 6.42 Å². The van der Waals surface area contributed by atoms with E-state index in [1.807, 2.05) is 0 Å². The number of nitro benzene ring substituents is 1. The highest BCUT2D eigenvalue weighted by atomic mass is 35.5. The Balaban J connectivity index is 2.76. The Morgan fingerprint density at radius 2 is 2.27 bits per heavy atom. The lowest BCUT2D eigenvalue weighted by atomic mass is 10.2. The summed E-state index contributed by atoms with van der Waals surface area (Å²) in [5.74, 6) is 0.498. The topological polar surface area (TPSA) is 75.4 Å². The van der Waals surface area contributed by atoms with Gasteiger partial charge in [0, 0.05) is 24.6 Å². The zero-order valence-electron chi connectivity index (χ0n) is 7.94. The predicted molar refractivity (Wildman–Crippen MR) is 58.6 cm³/mol. The van der Waals surface area contributed by atoms with Crippen molar-refractivity contribution in [2.24, 2.45) is 0 Å². The number of nitrogens with one attached hydrogen (secondary N) is 1. The maximum atomic E-state index is 10.5. The van der Waals surface area contributed by atoms with Crippen molar-refractivity contribution in [1.29, 1.82) is 0 Å². The van der Waals surface area contributed by atoms with Gasteiger partial charge in [-0.3, -0.25) is 10.1 Å². The Hall–Kier alpha value is -1.49. The van der Waals surface area contributed by atoms with Crippen molar-refractivity contribution in [3.05, 3.63) is 28.3 Å². The summed E-state index contributed by atoms with van der Waals surface area (Å²) in [6.45, 7) is 0.568. The second-order valence-corrected chi connectivity index (χ2v) is 3.31. The lowest BCUT2D eigenvalue weighted by molar-refractivity contribution is -0.384. The Kier molecular flexibility index (Phi) is 4.17. The first-order chi connectivity index (χ1) is 7.15. The zero-order chi connectivity index (χ0) is 11.3. The highest BCUT2D eigenvalue weighted by molar-refractivity contribution is 6.17. The normalized spacial score (nSPS) is 9.93. The van der Waals surface area contributed by atoms with Crippen LogP contribution >= 0.6 is 11.6 Å². The Labute approximate surface area is 91.8 Å². The van der Waals surface area contributed by atoms with Gasteiger partial charge in [0.25, 0.3) is 5.69 Å². The lowest BCUT2D eigenvalue weighted by Crippen LogP contribution is -2.02. The fourth-order valence-electron chi connectivity index (χ4n) is 1.07. The van der Waals surface area contributed by atoms with Crippen LogP contribution in [0, 0.1) is 10.1 Å². The van der Waals surface area contributed by atoms with Crippen molar-refractivity contribution < 1.29 is 10.0 Å². The van der Waals surface area contributed by atoms with Gasteiger partial charge < -0.3 is 10.4 Å². The van der Waals surface area contributed by atoms with Crippen molar-refractivity contribution in [3.8, 4) is 5.75 Å². The summed E-state index contributed by atoms with van der Waals surface area (Å²) in [7, 11) is 0. The summed E-state index contributed by atoms with van der Waals surface area (Å²) in [6.07, 6.45) is 0.726. The molecule has 0 amide bonds. The molecule has 0 radical (unpaired) electrons. The van der Waals surface area contributed by atoms with Crippen LogP contribution in [0.2, 0.25) is 0 Å². The minimum Gasteiger partial charge on any atom is -0.506 e. The average molecular weight is 231 g/mol. The van der Waals surface area contributed by atoms with E-state index in [9.17, 15) is 15.2 Å². The molecule has 15 heavy (non-hydrogen) atoms. The summed E-state index contributed by atoms with van der Waals surface area (Å²) in [6, 6.07) is 3.84. The van der Waals surface area contributed by atoms with E-state index in [2.05, 4.69) is 5.32 Å². The van der Waals surface area contributed by atoms with E-state index < -0.39 is 4.92 Å². The number of hydrogen-bond donors (Lipinski definition) is 2. The molecular weight excluding hydrogens is 220 g/mol. The number of nitro groups is 1. The summed E-state index contributed by atoms with van der Waals surface area (Å²) < 4.78 is 0. The largest absolute Gasteiger partial charge is 0.506 e. The lowest BCUT2D eigenvalue weighted by Gasteiger charge is -2.06. The van der Waals surface area contributed by atoms with Crippen molar-refractivity contribution in [1.82, 2.24) is 0 Å². The van der Waals surface area contributed by atoms with E-state index in [0.29, 0.717) is 18.1 Å². The molecule has 0 atom stereocenters. The molecule has 0 aliphatic heterocycles. The molecule has 1 aromatic rings. The Morgan fingerprint density at radius 3 is 2.87 bits per heavy atom. The number of halogens is 1. The van der Waals surface area contributed by atoms with Gasteiger partial charge in [-0.25, -0.2) is 0 Å². The quantitative estimate of drug-likeness (QED) is 0.268. The second kappa shape index (κ2) is 5.41. The standard InChI is InChI=1S/C9H11ClN2O3/c10-4-1-5-11-8-6-7(12(14)15)2-3-9(8)13/h2-3,6,11,13H,1,4-5H2. The average Bonchev–Trinajstić information content (AvgIpc) is 2.20. The maximum absolute atomic E-state index is 10.5. The number of aromatic hydroxyl groups is 1. The van der Waals surface area contributed by atoms with Gasteiger partial charge in [-0.15, -0.1) is 11.6 Å². The van der Waals surface area contributed by atoms with E-state index >= 15 is 0 Å². The third-order valence-electron chi connectivity index (χ3n) is 1.82. The molecule has 5 nitrogen and oxygen atoms in total. The van der Waals surface area contributed by atoms with Gasteiger partial charge in [0.15, 0.2) is 0 Å². The highest BCUT2D eigenvalue weighted by Crippen LogP contribution is 2.27. The smallest absolute Gasteiger partial charge is 0.271 e. The molecule has 0 aliphatic carbocycles. The number of non-ortho nitro benzene ring substituents is 1. The molecule has 2 N–H and O–H groups in total. The SMILES string of the molecule is O=[N+]([O-])c1ccc(O)c(NCCCCl)c1. The molecule has 0 aliphatic rings. The first kappa shape index (κ1) is 11.6. The fourth-order valence-corrected chi connectivity index (χ4v) is 1.20. The zero-order valence-corrected chi connectivity index (χ0v) is 8.70.